The summed E-state index contributed by atoms with van der Waals surface area (Å²) in [7, 11) is 0. The van der Waals surface area contributed by atoms with Gasteiger partial charge in [0.1, 0.15) is 6.04 Å². The molecule has 0 saturated carbocycles. The van der Waals surface area contributed by atoms with Gasteiger partial charge < -0.3 is 15.4 Å². The van der Waals surface area contributed by atoms with Crippen molar-refractivity contribution < 1.29 is 9.90 Å². The third-order valence-corrected chi connectivity index (χ3v) is 2.23. The summed E-state index contributed by atoms with van der Waals surface area (Å²) in [6.07, 6.45) is 4.17. The van der Waals surface area contributed by atoms with E-state index < -0.39 is 12.0 Å². The average molecular weight is 211 g/mol. The Morgan fingerprint density at radius 3 is 2.87 bits per heavy atom. The fraction of sp³-hybridized carbons (Fsp3) is 0.600. The summed E-state index contributed by atoms with van der Waals surface area (Å²) in [6, 6.07) is -0.482. The third kappa shape index (κ3) is 3.71. The van der Waals surface area contributed by atoms with E-state index in [1.165, 1.54) is 0 Å². The van der Waals surface area contributed by atoms with Crippen molar-refractivity contribution in [3.63, 3.8) is 0 Å². The Balaban J connectivity index is 2.31. The van der Waals surface area contributed by atoms with Gasteiger partial charge in [0.2, 0.25) is 0 Å². The fourth-order valence-corrected chi connectivity index (χ4v) is 1.39. The number of aliphatic carboxylic acids is 1. The normalized spacial score (nSPS) is 13.0. The molecule has 84 valence electrons. The smallest absolute Gasteiger partial charge is 0.320 e. The van der Waals surface area contributed by atoms with Crippen LogP contribution in [0, 0.1) is 5.92 Å². The van der Waals surface area contributed by atoms with Crippen LogP contribution in [0.1, 0.15) is 19.5 Å². The molecular formula is C10H17N3O2. The van der Waals surface area contributed by atoms with E-state index >= 15 is 0 Å². The van der Waals surface area contributed by atoms with Crippen LogP contribution in [-0.4, -0.2) is 33.6 Å². The molecule has 0 radical (unpaired) electrons. The molecule has 1 atom stereocenters. The number of H-pyrrole nitrogens is 1. The molecule has 0 unspecified atom stereocenters. The summed E-state index contributed by atoms with van der Waals surface area (Å²) in [5.74, 6) is -0.714. The van der Waals surface area contributed by atoms with E-state index in [9.17, 15) is 4.79 Å². The SMILES string of the molecule is CC(C)[C@H](NCCc1c[nH]cn1)C(=O)O. The number of carboxylic acids is 1. The highest BCUT2D eigenvalue weighted by atomic mass is 16.4. The van der Waals surface area contributed by atoms with E-state index in [1.807, 2.05) is 20.0 Å². The van der Waals surface area contributed by atoms with Crippen LogP contribution in [0.15, 0.2) is 12.5 Å². The Labute approximate surface area is 88.9 Å². The van der Waals surface area contributed by atoms with E-state index in [0.29, 0.717) is 6.54 Å². The molecule has 0 spiro atoms. The Bertz CT molecular complexity index is 296. The summed E-state index contributed by atoms with van der Waals surface area (Å²) in [5, 5.41) is 11.9. The number of imidazole rings is 1. The van der Waals surface area contributed by atoms with Gasteiger partial charge in [-0.05, 0) is 5.92 Å². The number of carboxylic acid groups (broad SMARTS) is 1. The standard InChI is InChI=1S/C10H17N3O2/c1-7(2)9(10(14)15)12-4-3-8-5-11-6-13-8/h5-7,9,12H,3-4H2,1-2H3,(H,11,13)(H,14,15)/t9-/m0/s1. The topological polar surface area (TPSA) is 78.0 Å². The second-order valence-electron chi connectivity index (χ2n) is 3.82. The predicted octanol–water partition coefficient (Wildman–Crippen LogP) is 0.651. The summed E-state index contributed by atoms with van der Waals surface area (Å²) in [5.41, 5.74) is 0.940. The largest absolute Gasteiger partial charge is 0.480 e. The number of aromatic nitrogens is 2. The van der Waals surface area contributed by atoms with Crippen LogP contribution < -0.4 is 5.32 Å². The summed E-state index contributed by atoms with van der Waals surface area (Å²) >= 11 is 0. The molecule has 0 saturated heterocycles. The first-order chi connectivity index (χ1) is 7.11. The predicted molar refractivity (Wildman–Crippen MR) is 56.6 cm³/mol. The lowest BCUT2D eigenvalue weighted by molar-refractivity contribution is -0.140. The molecular weight excluding hydrogens is 194 g/mol. The van der Waals surface area contributed by atoms with Crippen molar-refractivity contribution in [1.82, 2.24) is 15.3 Å². The number of carbonyl (C=O) groups is 1. The monoisotopic (exact) mass is 211 g/mol. The number of hydrogen-bond acceptors (Lipinski definition) is 3. The maximum absolute atomic E-state index is 10.8. The highest BCUT2D eigenvalue weighted by Gasteiger charge is 2.19. The van der Waals surface area contributed by atoms with E-state index in [1.54, 1.807) is 6.33 Å². The van der Waals surface area contributed by atoms with Crippen LogP contribution in [0.5, 0.6) is 0 Å². The number of hydrogen-bond donors (Lipinski definition) is 3. The lowest BCUT2D eigenvalue weighted by atomic mass is 10.0. The Hall–Kier alpha value is -1.36. The number of rotatable bonds is 6. The molecule has 0 aliphatic rings. The lowest BCUT2D eigenvalue weighted by Crippen LogP contribution is -2.41. The van der Waals surface area contributed by atoms with E-state index in [2.05, 4.69) is 15.3 Å². The van der Waals surface area contributed by atoms with Crippen molar-refractivity contribution in [2.45, 2.75) is 26.3 Å². The molecule has 1 rings (SSSR count). The van der Waals surface area contributed by atoms with E-state index in [0.717, 1.165) is 12.1 Å². The van der Waals surface area contributed by atoms with Crippen molar-refractivity contribution in [2.75, 3.05) is 6.54 Å². The molecule has 1 heterocycles. The Morgan fingerprint density at radius 1 is 1.67 bits per heavy atom. The molecule has 0 fully saturated rings. The van der Waals surface area contributed by atoms with E-state index in [4.69, 9.17) is 5.11 Å². The third-order valence-electron chi connectivity index (χ3n) is 2.23. The van der Waals surface area contributed by atoms with Crippen molar-refractivity contribution in [3.8, 4) is 0 Å². The van der Waals surface area contributed by atoms with Gasteiger partial charge in [0.15, 0.2) is 0 Å². The molecule has 1 aromatic rings. The maximum atomic E-state index is 10.8. The minimum atomic E-state index is -0.799. The molecule has 0 aliphatic carbocycles. The van der Waals surface area contributed by atoms with Crippen LogP contribution in [0.3, 0.4) is 0 Å². The summed E-state index contributed by atoms with van der Waals surface area (Å²) in [6.45, 7) is 4.40. The van der Waals surface area contributed by atoms with Gasteiger partial charge in [0.25, 0.3) is 0 Å². The zero-order valence-electron chi connectivity index (χ0n) is 9.03. The molecule has 1 aromatic heterocycles. The van der Waals surface area contributed by atoms with Gasteiger partial charge in [-0.2, -0.15) is 0 Å². The summed E-state index contributed by atoms with van der Waals surface area (Å²) in [4.78, 5) is 17.8. The molecule has 0 bridgehead atoms. The quantitative estimate of drug-likeness (QED) is 0.645. The highest BCUT2D eigenvalue weighted by molar-refractivity contribution is 5.73. The van der Waals surface area contributed by atoms with Crippen LogP contribution in [-0.2, 0) is 11.2 Å². The fourth-order valence-electron chi connectivity index (χ4n) is 1.39. The van der Waals surface area contributed by atoms with Crippen LogP contribution in [0.25, 0.3) is 0 Å². The molecule has 0 aromatic carbocycles. The van der Waals surface area contributed by atoms with Crippen molar-refractivity contribution in [3.05, 3.63) is 18.2 Å². The first-order valence-electron chi connectivity index (χ1n) is 5.05. The van der Waals surface area contributed by atoms with Gasteiger partial charge in [-0.15, -0.1) is 0 Å². The highest BCUT2D eigenvalue weighted by Crippen LogP contribution is 2.01. The number of aromatic amines is 1. The van der Waals surface area contributed by atoms with Crippen LogP contribution in [0.4, 0.5) is 0 Å². The van der Waals surface area contributed by atoms with Crippen molar-refractivity contribution in [2.24, 2.45) is 5.92 Å². The van der Waals surface area contributed by atoms with Gasteiger partial charge in [0, 0.05) is 19.2 Å². The van der Waals surface area contributed by atoms with Gasteiger partial charge in [-0.25, -0.2) is 4.98 Å². The summed E-state index contributed by atoms with van der Waals surface area (Å²) < 4.78 is 0. The zero-order chi connectivity index (χ0) is 11.3. The molecule has 0 aliphatic heterocycles. The number of nitrogens with zero attached hydrogens (tertiary/aromatic N) is 1. The Morgan fingerprint density at radius 2 is 2.40 bits per heavy atom. The minimum Gasteiger partial charge on any atom is -0.480 e. The van der Waals surface area contributed by atoms with E-state index in [-0.39, 0.29) is 5.92 Å². The Kier molecular flexibility index (Phi) is 4.30. The molecule has 3 N–H and O–H groups in total. The first kappa shape index (κ1) is 11.7. The first-order valence-corrected chi connectivity index (χ1v) is 5.05. The average Bonchev–Trinajstić information content (AvgIpc) is 2.63. The molecule has 0 amide bonds. The maximum Gasteiger partial charge on any atom is 0.320 e. The van der Waals surface area contributed by atoms with Gasteiger partial charge in [0.05, 0.1) is 12.0 Å². The van der Waals surface area contributed by atoms with Crippen LogP contribution in [0.2, 0.25) is 0 Å². The second kappa shape index (κ2) is 5.50. The zero-order valence-corrected chi connectivity index (χ0v) is 9.03. The van der Waals surface area contributed by atoms with Crippen LogP contribution >= 0.6 is 0 Å². The van der Waals surface area contributed by atoms with Crippen molar-refractivity contribution in [1.29, 1.82) is 0 Å². The van der Waals surface area contributed by atoms with Gasteiger partial charge in [-0.3, -0.25) is 4.79 Å². The van der Waals surface area contributed by atoms with Gasteiger partial charge in [-0.1, -0.05) is 13.8 Å². The van der Waals surface area contributed by atoms with Crippen molar-refractivity contribution >= 4 is 5.97 Å². The molecule has 15 heavy (non-hydrogen) atoms. The lowest BCUT2D eigenvalue weighted by Gasteiger charge is -2.17. The molecule has 5 nitrogen and oxygen atoms in total. The number of nitrogens with one attached hydrogen (secondary N) is 2. The molecule has 5 heteroatoms. The second-order valence-corrected chi connectivity index (χ2v) is 3.82. The van der Waals surface area contributed by atoms with Gasteiger partial charge >= 0.3 is 5.97 Å². The minimum absolute atomic E-state index is 0.0849.